The molecule has 0 bridgehead atoms. The van der Waals surface area contributed by atoms with Crippen molar-refractivity contribution in [1.82, 2.24) is 14.7 Å². The second-order valence-corrected chi connectivity index (χ2v) is 9.07. The standard InChI is InChI=1S/C28H26N4O4/c1-30-13-15-31(16-14-30)26(34)20-7-10-22(11-8-20)29-25(33)21-9-12-23-24(17-21)28(36)32(27(23)35)18-19-5-3-2-4-6-19/h2-12,17H,13-16,18H2,1H3,(H,29,33). The van der Waals surface area contributed by atoms with Gasteiger partial charge in [0.15, 0.2) is 0 Å². The topological polar surface area (TPSA) is 90.0 Å². The second kappa shape index (κ2) is 9.75. The molecular weight excluding hydrogens is 456 g/mol. The van der Waals surface area contributed by atoms with Gasteiger partial charge >= 0.3 is 0 Å². The van der Waals surface area contributed by atoms with Crippen LogP contribution in [0.25, 0.3) is 0 Å². The van der Waals surface area contributed by atoms with Crippen LogP contribution in [0.3, 0.4) is 0 Å². The average molecular weight is 483 g/mol. The smallest absolute Gasteiger partial charge is 0.261 e. The molecule has 1 saturated heterocycles. The zero-order valence-corrected chi connectivity index (χ0v) is 19.9. The van der Waals surface area contributed by atoms with Crippen molar-refractivity contribution < 1.29 is 19.2 Å². The summed E-state index contributed by atoms with van der Waals surface area (Å²) in [5.41, 5.74) is 2.73. The molecule has 3 aromatic carbocycles. The van der Waals surface area contributed by atoms with Crippen molar-refractivity contribution in [2.75, 3.05) is 38.5 Å². The minimum atomic E-state index is -0.416. The first-order valence-electron chi connectivity index (χ1n) is 11.8. The summed E-state index contributed by atoms with van der Waals surface area (Å²) in [5.74, 6) is -1.22. The summed E-state index contributed by atoms with van der Waals surface area (Å²) < 4.78 is 0. The number of nitrogens with zero attached hydrogens (tertiary/aromatic N) is 3. The van der Waals surface area contributed by atoms with Crippen molar-refractivity contribution >= 4 is 29.3 Å². The van der Waals surface area contributed by atoms with Gasteiger partial charge in [0.25, 0.3) is 23.6 Å². The quantitative estimate of drug-likeness (QED) is 0.565. The van der Waals surface area contributed by atoms with Gasteiger partial charge in [0.05, 0.1) is 17.7 Å². The first-order chi connectivity index (χ1) is 17.4. The normalized spacial score (nSPS) is 15.7. The van der Waals surface area contributed by atoms with Gasteiger partial charge in [-0.1, -0.05) is 30.3 Å². The molecule has 0 radical (unpaired) electrons. The van der Waals surface area contributed by atoms with Crippen LogP contribution in [0.15, 0.2) is 72.8 Å². The Labute approximate surface area is 209 Å². The lowest BCUT2D eigenvalue weighted by Gasteiger charge is -2.32. The molecule has 0 atom stereocenters. The zero-order valence-electron chi connectivity index (χ0n) is 19.9. The summed E-state index contributed by atoms with van der Waals surface area (Å²) in [6.07, 6.45) is 0. The number of rotatable bonds is 5. The molecule has 8 heteroatoms. The van der Waals surface area contributed by atoms with Crippen LogP contribution >= 0.6 is 0 Å². The summed E-state index contributed by atoms with van der Waals surface area (Å²) in [7, 11) is 2.04. The molecule has 0 aromatic heterocycles. The molecule has 2 aliphatic rings. The highest BCUT2D eigenvalue weighted by atomic mass is 16.2. The fraction of sp³-hybridized carbons (Fsp3) is 0.214. The number of likely N-dealkylation sites (N-methyl/N-ethyl adjacent to an activating group) is 1. The molecule has 1 fully saturated rings. The molecule has 3 aromatic rings. The number of hydrogen-bond donors (Lipinski definition) is 1. The largest absolute Gasteiger partial charge is 0.336 e. The molecule has 4 amide bonds. The number of imide groups is 1. The number of nitrogens with one attached hydrogen (secondary N) is 1. The van der Waals surface area contributed by atoms with Gasteiger partial charge in [-0.25, -0.2) is 0 Å². The predicted octanol–water partition coefficient (Wildman–Crippen LogP) is 3.12. The number of anilines is 1. The Morgan fingerprint density at radius 3 is 2.11 bits per heavy atom. The van der Waals surface area contributed by atoms with Crippen LogP contribution in [0.2, 0.25) is 0 Å². The first-order valence-corrected chi connectivity index (χ1v) is 11.8. The number of benzene rings is 3. The van der Waals surface area contributed by atoms with E-state index in [-0.39, 0.29) is 29.5 Å². The number of piperazine rings is 1. The van der Waals surface area contributed by atoms with Crippen molar-refractivity contribution in [3.63, 3.8) is 0 Å². The molecule has 8 nitrogen and oxygen atoms in total. The molecule has 0 unspecified atom stereocenters. The molecule has 1 N–H and O–H groups in total. The number of carbonyl (C=O) groups is 4. The Bertz CT molecular complexity index is 1330. The minimum Gasteiger partial charge on any atom is -0.336 e. The SMILES string of the molecule is CN1CCN(C(=O)c2ccc(NC(=O)c3ccc4c(c3)C(=O)N(Cc3ccccc3)C4=O)cc2)CC1. The van der Waals surface area contributed by atoms with Gasteiger partial charge in [0.2, 0.25) is 0 Å². The third kappa shape index (κ3) is 4.63. The fourth-order valence-electron chi connectivity index (χ4n) is 4.43. The van der Waals surface area contributed by atoms with Gasteiger partial charge in [-0.15, -0.1) is 0 Å². The lowest BCUT2D eigenvalue weighted by Crippen LogP contribution is -2.47. The van der Waals surface area contributed by atoms with Crippen LogP contribution in [0, 0.1) is 0 Å². The Morgan fingerprint density at radius 1 is 0.778 bits per heavy atom. The van der Waals surface area contributed by atoms with Crippen LogP contribution in [-0.2, 0) is 6.54 Å². The van der Waals surface area contributed by atoms with Gasteiger partial charge < -0.3 is 15.1 Å². The van der Waals surface area contributed by atoms with Crippen LogP contribution in [0.4, 0.5) is 5.69 Å². The van der Waals surface area contributed by atoms with Gasteiger partial charge in [0.1, 0.15) is 0 Å². The van der Waals surface area contributed by atoms with Gasteiger partial charge in [-0.2, -0.15) is 0 Å². The molecule has 0 spiro atoms. The summed E-state index contributed by atoms with van der Waals surface area (Å²) in [6, 6.07) is 20.6. The van der Waals surface area contributed by atoms with Crippen molar-refractivity contribution in [3.8, 4) is 0 Å². The van der Waals surface area contributed by atoms with E-state index >= 15 is 0 Å². The summed E-state index contributed by atoms with van der Waals surface area (Å²) in [4.78, 5) is 56.5. The van der Waals surface area contributed by atoms with E-state index in [0.717, 1.165) is 18.7 Å². The van der Waals surface area contributed by atoms with Crippen LogP contribution in [-0.4, -0.2) is 71.6 Å². The lowest BCUT2D eigenvalue weighted by molar-refractivity contribution is 0.0638. The van der Waals surface area contributed by atoms with E-state index in [1.54, 1.807) is 24.3 Å². The Hall–Kier alpha value is -4.30. The Morgan fingerprint density at radius 2 is 1.42 bits per heavy atom. The molecule has 2 heterocycles. The summed E-state index contributed by atoms with van der Waals surface area (Å²) in [5, 5.41) is 2.80. The molecule has 36 heavy (non-hydrogen) atoms. The van der Waals surface area contributed by atoms with E-state index < -0.39 is 11.8 Å². The lowest BCUT2D eigenvalue weighted by atomic mass is 10.1. The Kier molecular flexibility index (Phi) is 6.35. The third-order valence-electron chi connectivity index (χ3n) is 6.60. The van der Waals surface area contributed by atoms with Crippen molar-refractivity contribution in [3.05, 3.63) is 101 Å². The summed E-state index contributed by atoms with van der Waals surface area (Å²) in [6.45, 7) is 3.25. The third-order valence-corrected chi connectivity index (χ3v) is 6.60. The van der Waals surface area contributed by atoms with Crippen molar-refractivity contribution in [2.24, 2.45) is 0 Å². The molecule has 2 aliphatic heterocycles. The molecule has 5 rings (SSSR count). The van der Waals surface area contributed by atoms with Gasteiger partial charge in [0, 0.05) is 43.0 Å². The van der Waals surface area contributed by atoms with E-state index in [4.69, 9.17) is 0 Å². The first kappa shape index (κ1) is 23.4. The molecule has 0 aliphatic carbocycles. The second-order valence-electron chi connectivity index (χ2n) is 9.07. The number of hydrogen-bond acceptors (Lipinski definition) is 5. The highest BCUT2D eigenvalue weighted by molar-refractivity contribution is 6.22. The monoisotopic (exact) mass is 482 g/mol. The van der Waals surface area contributed by atoms with E-state index in [1.807, 2.05) is 42.3 Å². The van der Waals surface area contributed by atoms with Crippen LogP contribution in [0.1, 0.15) is 47.0 Å². The molecule has 0 saturated carbocycles. The van der Waals surface area contributed by atoms with E-state index in [1.165, 1.54) is 23.1 Å². The van der Waals surface area contributed by atoms with Gasteiger partial charge in [-0.05, 0) is 55.1 Å². The highest BCUT2D eigenvalue weighted by Gasteiger charge is 2.36. The van der Waals surface area contributed by atoms with Crippen LogP contribution in [0.5, 0.6) is 0 Å². The maximum atomic E-state index is 12.9. The number of amides is 4. The van der Waals surface area contributed by atoms with Crippen molar-refractivity contribution in [1.29, 1.82) is 0 Å². The minimum absolute atomic E-state index is 0.0252. The number of fused-ring (bicyclic) bond motifs is 1. The molecular formula is C28H26N4O4. The maximum absolute atomic E-state index is 12.9. The van der Waals surface area contributed by atoms with E-state index in [2.05, 4.69) is 10.2 Å². The van der Waals surface area contributed by atoms with Gasteiger partial charge in [-0.3, -0.25) is 24.1 Å². The average Bonchev–Trinajstić information content (AvgIpc) is 3.14. The summed E-state index contributed by atoms with van der Waals surface area (Å²) >= 11 is 0. The zero-order chi connectivity index (χ0) is 25.2. The van der Waals surface area contributed by atoms with E-state index in [0.29, 0.717) is 29.9 Å². The highest BCUT2D eigenvalue weighted by Crippen LogP contribution is 2.26. The Balaban J connectivity index is 1.26. The van der Waals surface area contributed by atoms with Crippen LogP contribution < -0.4 is 5.32 Å². The predicted molar refractivity (Wildman–Crippen MR) is 135 cm³/mol. The fourth-order valence-corrected chi connectivity index (χ4v) is 4.43. The maximum Gasteiger partial charge on any atom is 0.261 e. The molecule has 182 valence electrons. The number of carbonyl (C=O) groups excluding carboxylic acids is 4. The van der Waals surface area contributed by atoms with E-state index in [9.17, 15) is 19.2 Å². The van der Waals surface area contributed by atoms with Crippen molar-refractivity contribution in [2.45, 2.75) is 6.54 Å².